The molecule has 0 fully saturated rings. The molecule has 0 aliphatic heterocycles. The van der Waals surface area contributed by atoms with Gasteiger partial charge in [0.15, 0.2) is 0 Å². The average Bonchev–Trinajstić information content (AvgIpc) is 3.72. The summed E-state index contributed by atoms with van der Waals surface area (Å²) in [7, 11) is 0. The molecule has 0 saturated heterocycles. The van der Waals surface area contributed by atoms with Gasteiger partial charge in [0.2, 0.25) is 0 Å². The summed E-state index contributed by atoms with van der Waals surface area (Å²) in [5.74, 6) is 0.429. The lowest BCUT2D eigenvalue weighted by atomic mass is 9.68. The molecule has 11 rings (SSSR count). The third-order valence-electron chi connectivity index (χ3n) is 10.8. The highest BCUT2D eigenvalue weighted by Crippen LogP contribution is 2.65. The first-order valence-electron chi connectivity index (χ1n) is 15.6. The zero-order valence-corrected chi connectivity index (χ0v) is 24.8. The smallest absolute Gasteiger partial charge is 0.0685 e. The molecule has 3 aliphatic carbocycles. The summed E-state index contributed by atoms with van der Waals surface area (Å²) in [4.78, 5) is 0. The van der Waals surface area contributed by atoms with Gasteiger partial charge in [-0.25, -0.2) is 0 Å². The van der Waals surface area contributed by atoms with Crippen LogP contribution in [0.25, 0.3) is 63.6 Å². The van der Waals surface area contributed by atoms with E-state index in [1.165, 1.54) is 85.9 Å². The quantitative estimate of drug-likeness (QED) is 0.171. The first kappa shape index (κ1) is 23.5. The highest BCUT2D eigenvalue weighted by molar-refractivity contribution is 7.26. The van der Waals surface area contributed by atoms with Gasteiger partial charge < -0.3 is 0 Å². The van der Waals surface area contributed by atoms with E-state index in [0.717, 1.165) is 6.42 Å². The van der Waals surface area contributed by atoms with Crippen molar-refractivity contribution in [2.45, 2.75) is 17.8 Å². The van der Waals surface area contributed by atoms with Gasteiger partial charge >= 0.3 is 0 Å². The van der Waals surface area contributed by atoms with Crippen LogP contribution in [-0.2, 0) is 5.41 Å². The first-order chi connectivity index (χ1) is 21.8. The number of hydrogen-bond donors (Lipinski definition) is 0. The number of allylic oxidation sites excluding steroid dienone is 4. The van der Waals surface area contributed by atoms with E-state index in [0.29, 0.717) is 5.92 Å². The van der Waals surface area contributed by atoms with Gasteiger partial charge in [-0.05, 0) is 89.8 Å². The Balaban J connectivity index is 1.26. The van der Waals surface area contributed by atoms with E-state index < -0.39 is 0 Å². The SMILES string of the molecule is C1=CCC2C(=C1)C1(c3ccccc32)c2cccc3c4ccc(-c5cccc6c5sc5ccccc56)cc4c4cccc1c4c23. The van der Waals surface area contributed by atoms with Crippen LogP contribution in [0.3, 0.4) is 0 Å². The van der Waals surface area contributed by atoms with E-state index in [1.54, 1.807) is 5.57 Å². The molecule has 0 radical (unpaired) electrons. The van der Waals surface area contributed by atoms with Crippen molar-refractivity contribution in [3.63, 3.8) is 0 Å². The van der Waals surface area contributed by atoms with Crippen molar-refractivity contribution in [2.24, 2.45) is 0 Å². The molecule has 3 aliphatic rings. The molecule has 1 spiro atoms. The van der Waals surface area contributed by atoms with E-state index >= 15 is 0 Å². The second-order valence-corrected chi connectivity index (χ2v) is 13.7. The van der Waals surface area contributed by atoms with Gasteiger partial charge in [0.25, 0.3) is 0 Å². The number of fused-ring (bicyclic) bond motifs is 13. The Labute approximate surface area is 259 Å². The lowest BCUT2D eigenvalue weighted by Gasteiger charge is -2.33. The fourth-order valence-corrected chi connectivity index (χ4v) is 10.5. The molecular formula is C43H26S. The Morgan fingerprint density at radius 1 is 0.568 bits per heavy atom. The van der Waals surface area contributed by atoms with E-state index in [4.69, 9.17) is 0 Å². The zero-order valence-electron chi connectivity index (χ0n) is 24.0. The highest BCUT2D eigenvalue weighted by atomic mass is 32.1. The predicted octanol–water partition coefficient (Wildman–Crippen LogP) is 11.8. The van der Waals surface area contributed by atoms with Crippen molar-refractivity contribution >= 4 is 63.8 Å². The Morgan fingerprint density at radius 2 is 1.27 bits per heavy atom. The van der Waals surface area contributed by atoms with Crippen LogP contribution in [0.2, 0.25) is 0 Å². The summed E-state index contributed by atoms with van der Waals surface area (Å²) in [5.41, 5.74) is 9.79. The second-order valence-electron chi connectivity index (χ2n) is 12.7. The maximum Gasteiger partial charge on any atom is 0.0685 e. The van der Waals surface area contributed by atoms with Crippen LogP contribution in [0.4, 0.5) is 0 Å². The molecule has 0 amide bonds. The fourth-order valence-electron chi connectivity index (χ4n) is 9.22. The van der Waals surface area contributed by atoms with Gasteiger partial charge in [-0.2, -0.15) is 0 Å². The molecule has 0 N–H and O–H groups in total. The molecule has 204 valence electrons. The molecule has 8 aromatic rings. The Hall–Kier alpha value is -4.98. The minimum absolute atomic E-state index is 0.240. The van der Waals surface area contributed by atoms with Gasteiger partial charge in [0.1, 0.15) is 0 Å². The zero-order chi connectivity index (χ0) is 28.6. The number of benzene rings is 7. The van der Waals surface area contributed by atoms with Crippen molar-refractivity contribution in [3.05, 3.63) is 167 Å². The molecule has 0 bridgehead atoms. The van der Waals surface area contributed by atoms with Crippen LogP contribution < -0.4 is 0 Å². The summed E-state index contributed by atoms with van der Waals surface area (Å²) >= 11 is 1.91. The van der Waals surface area contributed by atoms with Gasteiger partial charge in [-0.15, -0.1) is 11.3 Å². The lowest BCUT2D eigenvalue weighted by Crippen LogP contribution is -2.27. The lowest BCUT2D eigenvalue weighted by molar-refractivity contribution is 0.709. The fraction of sp³-hybridized carbons (Fsp3) is 0.0698. The van der Waals surface area contributed by atoms with Gasteiger partial charge in [0.05, 0.1) is 5.41 Å². The van der Waals surface area contributed by atoms with Crippen molar-refractivity contribution in [2.75, 3.05) is 0 Å². The van der Waals surface area contributed by atoms with E-state index in [1.807, 2.05) is 11.3 Å². The standard InChI is InChI=1S/C43H26S/c1-4-17-35-28(10-1)29-11-2-5-18-36(29)43(35)37-19-8-14-31-27-23-22-25(24-34(27)32-15-9-20-38(43)41(32)40(31)37)26-13-7-16-33-30-12-3-6-21-39(30)44-42(26)33/h1-10,12-24,29H,11H2. The van der Waals surface area contributed by atoms with Crippen molar-refractivity contribution in [1.82, 2.24) is 0 Å². The largest absolute Gasteiger partial charge is 0.135 e. The average molecular weight is 575 g/mol. The van der Waals surface area contributed by atoms with Crippen LogP contribution in [-0.4, -0.2) is 0 Å². The summed E-state index contributed by atoms with van der Waals surface area (Å²) in [5, 5.41) is 11.0. The topological polar surface area (TPSA) is 0 Å². The van der Waals surface area contributed by atoms with Crippen molar-refractivity contribution < 1.29 is 0 Å². The number of thiophene rings is 1. The van der Waals surface area contributed by atoms with Crippen LogP contribution in [0.15, 0.2) is 145 Å². The summed E-state index contributed by atoms with van der Waals surface area (Å²) in [6.45, 7) is 0. The summed E-state index contributed by atoms with van der Waals surface area (Å²) < 4.78 is 2.72. The normalized spacial score (nSPS) is 19.6. The summed E-state index contributed by atoms with van der Waals surface area (Å²) in [6, 6.07) is 46.3. The molecule has 2 unspecified atom stereocenters. The molecule has 0 nitrogen and oxygen atoms in total. The third kappa shape index (κ3) is 2.63. The molecule has 1 heterocycles. The Kier molecular flexibility index (Phi) is 4.34. The van der Waals surface area contributed by atoms with Gasteiger partial charge in [0, 0.05) is 26.1 Å². The van der Waals surface area contributed by atoms with E-state index in [2.05, 4.69) is 140 Å². The molecule has 1 heteroatoms. The van der Waals surface area contributed by atoms with Crippen LogP contribution in [0, 0.1) is 0 Å². The Morgan fingerprint density at radius 3 is 2.16 bits per heavy atom. The monoisotopic (exact) mass is 574 g/mol. The van der Waals surface area contributed by atoms with Crippen LogP contribution >= 0.6 is 11.3 Å². The molecule has 44 heavy (non-hydrogen) atoms. The molecule has 2 atom stereocenters. The van der Waals surface area contributed by atoms with Gasteiger partial charge in [-0.3, -0.25) is 0 Å². The highest BCUT2D eigenvalue weighted by Gasteiger charge is 2.54. The van der Waals surface area contributed by atoms with E-state index in [9.17, 15) is 0 Å². The minimum atomic E-state index is -0.240. The molecule has 0 saturated carbocycles. The second kappa shape index (κ2) is 8.14. The number of rotatable bonds is 1. The molecule has 7 aromatic carbocycles. The first-order valence-corrected chi connectivity index (χ1v) is 16.4. The molecule has 1 aromatic heterocycles. The van der Waals surface area contributed by atoms with E-state index in [-0.39, 0.29) is 5.41 Å². The minimum Gasteiger partial charge on any atom is -0.135 e. The van der Waals surface area contributed by atoms with Crippen LogP contribution in [0.5, 0.6) is 0 Å². The maximum atomic E-state index is 2.47. The molecular weight excluding hydrogens is 549 g/mol. The number of hydrogen-bond acceptors (Lipinski definition) is 1. The van der Waals surface area contributed by atoms with Crippen LogP contribution in [0.1, 0.15) is 34.6 Å². The van der Waals surface area contributed by atoms with Crippen molar-refractivity contribution in [3.8, 4) is 11.1 Å². The van der Waals surface area contributed by atoms with Gasteiger partial charge in [-0.1, -0.05) is 127 Å². The third-order valence-corrected chi connectivity index (χ3v) is 12.1. The Bertz CT molecular complexity index is 2650. The summed E-state index contributed by atoms with van der Waals surface area (Å²) in [6.07, 6.45) is 8.14. The van der Waals surface area contributed by atoms with Crippen molar-refractivity contribution in [1.29, 1.82) is 0 Å². The maximum absolute atomic E-state index is 2.47. The predicted molar refractivity (Wildman–Crippen MR) is 188 cm³/mol.